The molecule has 178 valence electrons. The van der Waals surface area contributed by atoms with Gasteiger partial charge in [0.2, 0.25) is 0 Å². The van der Waals surface area contributed by atoms with Crippen LogP contribution in [0.4, 0.5) is 0 Å². The summed E-state index contributed by atoms with van der Waals surface area (Å²) < 4.78 is 2.19. The maximum Gasteiger partial charge on any atom is 0.260 e. The number of piperazine rings is 1. The third-order valence-electron chi connectivity index (χ3n) is 6.68. The van der Waals surface area contributed by atoms with Crippen molar-refractivity contribution in [2.45, 2.75) is 33.9 Å². The highest BCUT2D eigenvalue weighted by Crippen LogP contribution is 2.33. The first-order valence-corrected chi connectivity index (χ1v) is 13.4. The van der Waals surface area contributed by atoms with Crippen molar-refractivity contribution < 1.29 is 4.79 Å². The van der Waals surface area contributed by atoms with Crippen molar-refractivity contribution in [2.24, 2.45) is 0 Å². The topological polar surface area (TPSA) is 74.2 Å². The second-order valence-corrected chi connectivity index (χ2v) is 10.6. The number of nitrogens with zero attached hydrogens (tertiary/aromatic N) is 4. The number of Topliss-reactive ketones (excluding diaryl/α,β-unsaturated/α-hetero) is 1. The summed E-state index contributed by atoms with van der Waals surface area (Å²) >= 11 is 3.15. The summed E-state index contributed by atoms with van der Waals surface area (Å²) in [6.07, 6.45) is 0. The number of hydrogen-bond donors (Lipinski definition) is 1. The second-order valence-electron chi connectivity index (χ2n) is 8.82. The van der Waals surface area contributed by atoms with Gasteiger partial charge in [-0.2, -0.15) is 0 Å². The molecule has 1 saturated heterocycles. The normalized spacial score (nSPS) is 15.4. The van der Waals surface area contributed by atoms with Crippen molar-refractivity contribution >= 4 is 38.7 Å². The highest BCUT2D eigenvalue weighted by atomic mass is 32.1. The first-order valence-electron chi connectivity index (χ1n) is 11.6. The van der Waals surface area contributed by atoms with Gasteiger partial charge in [-0.05, 0) is 38.3 Å². The zero-order valence-electron chi connectivity index (χ0n) is 19.8. The quantitative estimate of drug-likeness (QED) is 0.390. The molecule has 1 fully saturated rings. The van der Waals surface area contributed by atoms with Crippen molar-refractivity contribution in [2.75, 3.05) is 32.7 Å². The van der Waals surface area contributed by atoms with E-state index in [4.69, 9.17) is 4.98 Å². The minimum atomic E-state index is -0.0708. The van der Waals surface area contributed by atoms with E-state index >= 15 is 0 Å². The maximum atomic E-state index is 12.9. The Bertz CT molecular complexity index is 1370. The number of hydrogen-bond acceptors (Lipinski definition) is 7. The summed E-state index contributed by atoms with van der Waals surface area (Å²) in [5, 5.41) is 4.73. The second kappa shape index (κ2) is 9.58. The van der Waals surface area contributed by atoms with Gasteiger partial charge in [0.25, 0.3) is 5.56 Å². The van der Waals surface area contributed by atoms with E-state index in [-0.39, 0.29) is 11.3 Å². The van der Waals surface area contributed by atoms with Gasteiger partial charge in [0.05, 0.1) is 18.5 Å². The van der Waals surface area contributed by atoms with Crippen LogP contribution in [0.5, 0.6) is 0 Å². The van der Waals surface area contributed by atoms with E-state index in [0.717, 1.165) is 64.9 Å². The first-order chi connectivity index (χ1) is 16.4. The van der Waals surface area contributed by atoms with E-state index < -0.39 is 0 Å². The van der Waals surface area contributed by atoms with Crippen LogP contribution in [-0.2, 0) is 13.1 Å². The molecule has 0 bridgehead atoms. The fraction of sp³-hybridized carbons (Fsp3) is 0.400. The summed E-state index contributed by atoms with van der Waals surface area (Å²) in [6, 6.07) is 6.05. The molecule has 1 N–H and O–H groups in total. The Hall–Kier alpha value is -2.59. The van der Waals surface area contributed by atoms with Crippen LogP contribution in [0.1, 0.15) is 34.5 Å². The fourth-order valence-corrected chi connectivity index (χ4v) is 6.64. The standard InChI is InChI=1S/C25H29N5O2S2/c1-4-30-16(2)12-18(17(30)3)20(31)13-28-7-9-29(10-8-28)14-22-26-24(32)23-19(15-34-25(23)27-22)21-6-5-11-33-21/h5-6,11-12,15H,4,7-10,13-14H2,1-3H3,(H,26,27,32). The number of aromatic amines is 1. The van der Waals surface area contributed by atoms with Crippen molar-refractivity contribution in [1.82, 2.24) is 24.3 Å². The van der Waals surface area contributed by atoms with E-state index in [2.05, 4.69) is 33.2 Å². The molecule has 0 aliphatic carbocycles. The summed E-state index contributed by atoms with van der Waals surface area (Å²) in [7, 11) is 0. The molecule has 4 aromatic heterocycles. The van der Waals surface area contributed by atoms with Crippen molar-refractivity contribution in [3.05, 3.63) is 62.1 Å². The van der Waals surface area contributed by atoms with Crippen LogP contribution in [0, 0.1) is 13.8 Å². The molecular weight excluding hydrogens is 466 g/mol. The van der Waals surface area contributed by atoms with Crippen LogP contribution >= 0.6 is 22.7 Å². The molecule has 5 heterocycles. The van der Waals surface area contributed by atoms with Gasteiger partial charge in [0.1, 0.15) is 10.7 Å². The summed E-state index contributed by atoms with van der Waals surface area (Å²) in [4.78, 5) is 39.9. The molecule has 0 atom stereocenters. The third kappa shape index (κ3) is 4.40. The molecular formula is C25H29N5O2S2. The SMILES string of the molecule is CCn1c(C)cc(C(=O)CN2CCN(Cc3nc4scc(-c5cccs5)c4c(=O)[nH]3)CC2)c1C. The molecule has 0 saturated carbocycles. The van der Waals surface area contributed by atoms with E-state index in [9.17, 15) is 9.59 Å². The van der Waals surface area contributed by atoms with Gasteiger partial charge in [0, 0.05) is 65.5 Å². The summed E-state index contributed by atoms with van der Waals surface area (Å²) in [6.45, 7) is 11.5. The van der Waals surface area contributed by atoms with Crippen LogP contribution in [0.3, 0.4) is 0 Å². The summed E-state index contributed by atoms with van der Waals surface area (Å²) in [5.41, 5.74) is 3.94. The van der Waals surface area contributed by atoms with Crippen molar-refractivity contribution in [3.8, 4) is 10.4 Å². The number of H-pyrrole nitrogens is 1. The number of fused-ring (bicyclic) bond motifs is 1. The Balaban J connectivity index is 1.21. The minimum Gasteiger partial charge on any atom is -0.349 e. The van der Waals surface area contributed by atoms with Gasteiger partial charge in [-0.3, -0.25) is 19.4 Å². The number of rotatable bonds is 7. The van der Waals surface area contributed by atoms with Gasteiger partial charge in [-0.25, -0.2) is 4.98 Å². The lowest BCUT2D eigenvalue weighted by Gasteiger charge is -2.33. The number of ketones is 1. The molecule has 1 aliphatic heterocycles. The molecule has 7 nitrogen and oxygen atoms in total. The van der Waals surface area contributed by atoms with Gasteiger partial charge < -0.3 is 9.55 Å². The lowest BCUT2D eigenvalue weighted by molar-refractivity contribution is 0.0839. The number of aryl methyl sites for hydroxylation is 1. The Morgan fingerprint density at radius 2 is 1.91 bits per heavy atom. The largest absolute Gasteiger partial charge is 0.349 e. The van der Waals surface area contributed by atoms with Crippen LogP contribution in [0.2, 0.25) is 0 Å². The number of nitrogens with one attached hydrogen (secondary N) is 1. The third-order valence-corrected chi connectivity index (χ3v) is 8.45. The number of carbonyl (C=O) groups is 1. The Labute approximate surface area is 206 Å². The highest BCUT2D eigenvalue weighted by Gasteiger charge is 2.23. The highest BCUT2D eigenvalue weighted by molar-refractivity contribution is 7.18. The molecule has 0 unspecified atom stereocenters. The van der Waals surface area contributed by atoms with E-state index in [1.54, 1.807) is 11.3 Å². The molecule has 34 heavy (non-hydrogen) atoms. The Morgan fingerprint density at radius 3 is 2.59 bits per heavy atom. The van der Waals surface area contributed by atoms with Crippen LogP contribution in [-0.4, -0.2) is 62.8 Å². The van der Waals surface area contributed by atoms with Crippen LogP contribution < -0.4 is 5.56 Å². The van der Waals surface area contributed by atoms with Crippen molar-refractivity contribution in [1.29, 1.82) is 0 Å². The van der Waals surface area contributed by atoms with Crippen LogP contribution in [0.25, 0.3) is 20.7 Å². The van der Waals surface area contributed by atoms with Gasteiger partial charge >= 0.3 is 0 Å². The van der Waals surface area contributed by atoms with E-state index in [1.165, 1.54) is 11.3 Å². The average Bonchev–Trinajstić information content (AvgIpc) is 3.54. The van der Waals surface area contributed by atoms with Gasteiger partial charge in [-0.15, -0.1) is 22.7 Å². The lowest BCUT2D eigenvalue weighted by Crippen LogP contribution is -2.47. The van der Waals surface area contributed by atoms with Gasteiger partial charge in [0.15, 0.2) is 5.78 Å². The van der Waals surface area contributed by atoms with Crippen LogP contribution in [0.15, 0.2) is 33.8 Å². The molecule has 5 rings (SSSR count). The van der Waals surface area contributed by atoms with E-state index in [1.807, 2.05) is 35.9 Å². The molecule has 9 heteroatoms. The smallest absolute Gasteiger partial charge is 0.260 e. The number of carbonyl (C=O) groups excluding carboxylic acids is 1. The minimum absolute atomic E-state index is 0.0708. The predicted octanol–water partition coefficient (Wildman–Crippen LogP) is 4.15. The molecule has 0 spiro atoms. The Kier molecular flexibility index (Phi) is 6.52. The molecule has 4 aromatic rings. The zero-order chi connectivity index (χ0) is 23.8. The van der Waals surface area contributed by atoms with Crippen molar-refractivity contribution in [3.63, 3.8) is 0 Å². The average molecular weight is 496 g/mol. The maximum absolute atomic E-state index is 12.9. The molecule has 0 aromatic carbocycles. The molecule has 0 radical (unpaired) electrons. The lowest BCUT2D eigenvalue weighted by atomic mass is 10.1. The molecule has 1 aliphatic rings. The zero-order valence-corrected chi connectivity index (χ0v) is 21.4. The Morgan fingerprint density at radius 1 is 1.15 bits per heavy atom. The monoisotopic (exact) mass is 495 g/mol. The van der Waals surface area contributed by atoms with Gasteiger partial charge in [-0.1, -0.05) is 6.07 Å². The fourth-order valence-electron chi connectivity index (χ4n) is 4.86. The predicted molar refractivity (Wildman–Crippen MR) is 139 cm³/mol. The number of aromatic nitrogens is 3. The van der Waals surface area contributed by atoms with E-state index in [0.29, 0.717) is 24.3 Å². The number of thiophene rings is 2. The molecule has 0 amide bonds. The summed E-state index contributed by atoms with van der Waals surface area (Å²) in [5.74, 6) is 0.894. The first kappa shape index (κ1) is 23.2.